The molecule has 1 saturated heterocycles. The van der Waals surface area contributed by atoms with Crippen LogP contribution in [0.1, 0.15) is 44.9 Å². The molecule has 146 valence electrons. The van der Waals surface area contributed by atoms with Gasteiger partial charge in [-0.25, -0.2) is 0 Å². The number of rotatable bonds is 7. The summed E-state index contributed by atoms with van der Waals surface area (Å²) in [5.74, 6) is 1.18. The average Bonchev–Trinajstić information content (AvgIpc) is 3.02. The van der Waals surface area contributed by atoms with Gasteiger partial charge in [0, 0.05) is 23.7 Å². The van der Waals surface area contributed by atoms with Crippen molar-refractivity contribution in [3.05, 3.63) is 33.8 Å². The molecule has 1 aromatic rings. The fraction of sp³-hybridized carbons (Fsp3) is 0.600. The number of ether oxygens (including phenoxy) is 2. The molecule has 1 heterocycles. The van der Waals surface area contributed by atoms with E-state index in [0.717, 1.165) is 13.0 Å². The summed E-state index contributed by atoms with van der Waals surface area (Å²) in [6.07, 6.45) is 11.2. The number of hydrogen-bond acceptors (Lipinski definition) is 3. The lowest BCUT2D eigenvalue weighted by molar-refractivity contribution is 0.210. The average molecular weight is 421 g/mol. The Morgan fingerprint density at radius 2 is 2.04 bits per heavy atom. The van der Waals surface area contributed by atoms with Gasteiger partial charge in [0.1, 0.15) is 0 Å². The van der Waals surface area contributed by atoms with Gasteiger partial charge in [0.05, 0.1) is 18.7 Å². The van der Waals surface area contributed by atoms with Crippen molar-refractivity contribution in [3.63, 3.8) is 0 Å². The van der Waals surface area contributed by atoms with Gasteiger partial charge in [0.2, 0.25) is 0 Å². The van der Waals surface area contributed by atoms with E-state index >= 15 is 0 Å². The molecule has 1 aromatic carbocycles. The highest BCUT2D eigenvalue weighted by Gasteiger charge is 2.25. The van der Waals surface area contributed by atoms with E-state index in [0.29, 0.717) is 34.2 Å². The number of likely N-dealkylation sites (tertiary alicyclic amines) is 1. The van der Waals surface area contributed by atoms with E-state index in [1.165, 1.54) is 45.1 Å². The number of halogens is 3. The molecule has 1 atom stereocenters. The molecule has 0 saturated carbocycles. The molecule has 0 spiro atoms. The van der Waals surface area contributed by atoms with Crippen molar-refractivity contribution < 1.29 is 9.47 Å². The molecule has 2 aliphatic rings. The first-order valence-corrected chi connectivity index (χ1v) is 10.0. The summed E-state index contributed by atoms with van der Waals surface area (Å²) >= 11 is 12.3. The first-order chi connectivity index (χ1) is 12.2. The van der Waals surface area contributed by atoms with Crippen molar-refractivity contribution in [1.29, 1.82) is 0 Å². The van der Waals surface area contributed by atoms with Crippen LogP contribution in [0.25, 0.3) is 0 Å². The Labute approximate surface area is 173 Å². The van der Waals surface area contributed by atoms with Gasteiger partial charge in [0.15, 0.2) is 11.5 Å². The smallest absolute Gasteiger partial charge is 0.179 e. The van der Waals surface area contributed by atoms with Crippen LogP contribution in [-0.2, 0) is 0 Å². The standard InChI is InChI=1S/C20H27Cl2NO2.ClH/c1-24-20-18(22)12-16(21)13-19(20)25-11-9-17-8-5-10-23(17)14-15-6-3-2-4-7-15;/h6,12-13,17H,2-5,7-11,14H2,1H3;1H. The molecule has 3 rings (SSSR count). The Hall–Kier alpha value is -0.610. The molecule has 3 nitrogen and oxygen atoms in total. The molecule has 6 heteroatoms. The maximum Gasteiger partial charge on any atom is 0.179 e. The van der Waals surface area contributed by atoms with Crippen molar-refractivity contribution in [3.8, 4) is 11.5 Å². The maximum absolute atomic E-state index is 6.17. The third kappa shape index (κ3) is 5.69. The first kappa shape index (κ1) is 21.7. The molecular weight excluding hydrogens is 393 g/mol. The zero-order valence-electron chi connectivity index (χ0n) is 15.3. The Balaban J connectivity index is 0.00000243. The molecule has 1 unspecified atom stereocenters. The molecular formula is C20H28Cl3NO2. The van der Waals surface area contributed by atoms with E-state index in [-0.39, 0.29) is 12.4 Å². The highest BCUT2D eigenvalue weighted by molar-refractivity contribution is 6.35. The summed E-state index contributed by atoms with van der Waals surface area (Å²) in [5, 5.41) is 1.05. The lowest BCUT2D eigenvalue weighted by Gasteiger charge is -2.27. The minimum Gasteiger partial charge on any atom is -0.491 e. The van der Waals surface area contributed by atoms with Crippen molar-refractivity contribution in [1.82, 2.24) is 4.90 Å². The maximum atomic E-state index is 6.17. The molecule has 0 radical (unpaired) electrons. The minimum absolute atomic E-state index is 0. The highest BCUT2D eigenvalue weighted by atomic mass is 35.5. The molecule has 1 fully saturated rings. The van der Waals surface area contributed by atoms with Crippen molar-refractivity contribution >= 4 is 35.6 Å². The zero-order chi connectivity index (χ0) is 17.6. The first-order valence-electron chi connectivity index (χ1n) is 9.25. The van der Waals surface area contributed by atoms with Crippen LogP contribution in [0.3, 0.4) is 0 Å². The van der Waals surface area contributed by atoms with Crippen LogP contribution < -0.4 is 9.47 Å². The van der Waals surface area contributed by atoms with Gasteiger partial charge in [-0.15, -0.1) is 12.4 Å². The van der Waals surface area contributed by atoms with E-state index in [1.807, 2.05) is 0 Å². The second-order valence-corrected chi connectivity index (χ2v) is 7.77. The summed E-state index contributed by atoms with van der Waals surface area (Å²) in [4.78, 5) is 2.63. The van der Waals surface area contributed by atoms with E-state index < -0.39 is 0 Å². The van der Waals surface area contributed by atoms with Gasteiger partial charge in [-0.1, -0.05) is 34.9 Å². The van der Waals surface area contributed by atoms with Gasteiger partial charge in [0.25, 0.3) is 0 Å². The van der Waals surface area contributed by atoms with Gasteiger partial charge < -0.3 is 9.47 Å². The molecule has 0 N–H and O–H groups in total. The second kappa shape index (κ2) is 10.7. The van der Waals surface area contributed by atoms with Gasteiger partial charge in [-0.05, 0) is 57.6 Å². The highest BCUT2D eigenvalue weighted by Crippen LogP contribution is 2.38. The molecule has 0 bridgehead atoms. The third-order valence-electron chi connectivity index (χ3n) is 5.18. The van der Waals surface area contributed by atoms with E-state index in [1.54, 1.807) is 24.8 Å². The number of methoxy groups -OCH3 is 1. The summed E-state index contributed by atoms with van der Waals surface area (Å²) < 4.78 is 11.3. The topological polar surface area (TPSA) is 21.7 Å². The molecule has 26 heavy (non-hydrogen) atoms. The third-order valence-corrected chi connectivity index (χ3v) is 5.68. The second-order valence-electron chi connectivity index (χ2n) is 6.93. The monoisotopic (exact) mass is 419 g/mol. The number of nitrogens with zero attached hydrogens (tertiary/aromatic N) is 1. The predicted molar refractivity (Wildman–Crippen MR) is 112 cm³/mol. The minimum atomic E-state index is 0. The number of hydrogen-bond donors (Lipinski definition) is 0. The van der Waals surface area contributed by atoms with Crippen LogP contribution in [0.4, 0.5) is 0 Å². The van der Waals surface area contributed by atoms with E-state index in [9.17, 15) is 0 Å². The quantitative estimate of drug-likeness (QED) is 0.493. The molecule has 1 aliphatic carbocycles. The zero-order valence-corrected chi connectivity index (χ0v) is 17.6. The normalized spacial score (nSPS) is 20.4. The lowest BCUT2D eigenvalue weighted by Crippen LogP contribution is -2.32. The summed E-state index contributed by atoms with van der Waals surface area (Å²) in [7, 11) is 1.60. The van der Waals surface area contributed by atoms with Gasteiger partial charge >= 0.3 is 0 Å². The van der Waals surface area contributed by atoms with Crippen LogP contribution in [0.5, 0.6) is 11.5 Å². The number of benzene rings is 1. The van der Waals surface area contributed by atoms with Crippen LogP contribution in [0.15, 0.2) is 23.8 Å². The lowest BCUT2D eigenvalue weighted by atomic mass is 9.99. The fourth-order valence-corrected chi connectivity index (χ4v) is 4.44. The predicted octanol–water partition coefficient (Wildman–Crippen LogP) is 6.16. The Morgan fingerprint density at radius 3 is 2.77 bits per heavy atom. The molecule has 0 amide bonds. The van der Waals surface area contributed by atoms with Crippen LogP contribution in [-0.4, -0.2) is 37.7 Å². The molecule has 1 aliphatic heterocycles. The number of allylic oxidation sites excluding steroid dienone is 1. The molecule has 0 aromatic heterocycles. The van der Waals surface area contributed by atoms with Crippen LogP contribution >= 0.6 is 35.6 Å². The largest absolute Gasteiger partial charge is 0.491 e. The summed E-state index contributed by atoms with van der Waals surface area (Å²) in [6, 6.07) is 4.04. The summed E-state index contributed by atoms with van der Waals surface area (Å²) in [6.45, 7) is 2.98. The van der Waals surface area contributed by atoms with Gasteiger partial charge in [-0.2, -0.15) is 0 Å². The van der Waals surface area contributed by atoms with Crippen molar-refractivity contribution in [2.75, 3.05) is 26.8 Å². The summed E-state index contributed by atoms with van der Waals surface area (Å²) in [5.41, 5.74) is 1.63. The Kier molecular flexibility index (Phi) is 8.89. The van der Waals surface area contributed by atoms with Gasteiger partial charge in [-0.3, -0.25) is 4.90 Å². The van der Waals surface area contributed by atoms with Crippen LogP contribution in [0.2, 0.25) is 10.0 Å². The Morgan fingerprint density at radius 1 is 1.19 bits per heavy atom. The van der Waals surface area contributed by atoms with E-state index in [4.69, 9.17) is 32.7 Å². The fourth-order valence-electron chi connectivity index (χ4n) is 3.89. The van der Waals surface area contributed by atoms with Crippen molar-refractivity contribution in [2.24, 2.45) is 0 Å². The Bertz CT molecular complexity index is 621. The van der Waals surface area contributed by atoms with Crippen molar-refractivity contribution in [2.45, 2.75) is 51.0 Å². The van der Waals surface area contributed by atoms with E-state index in [2.05, 4.69) is 11.0 Å². The SMILES string of the molecule is COc1c(Cl)cc(Cl)cc1OCCC1CCCN1CC1=CCCCC1.Cl. The van der Waals surface area contributed by atoms with Crippen LogP contribution in [0, 0.1) is 0 Å².